The van der Waals surface area contributed by atoms with E-state index in [-0.39, 0.29) is 12.3 Å². The first-order valence-corrected chi connectivity index (χ1v) is 8.29. The van der Waals surface area contributed by atoms with Crippen molar-refractivity contribution < 1.29 is 9.84 Å². The van der Waals surface area contributed by atoms with Crippen LogP contribution in [0.5, 0.6) is 0 Å². The number of aliphatic hydroxyl groups excluding tert-OH is 1. The Kier molecular flexibility index (Phi) is 5.03. The minimum absolute atomic E-state index is 0.257. The Hall–Kier alpha value is -2.09. The molecule has 2 fully saturated rings. The number of hydrogen-bond acceptors (Lipinski definition) is 6. The standard InChI is InChI=1S/C15H22N6O3/c1-10-8-21(13-7-11(18-19-16)12(9-22)24-13)15(23)17-14(10)20-5-3-2-4-6-20/h8,11-13,22H,2-7,9H2,1H3/t11-,12-,13+/m1/s1. The second-order valence-electron chi connectivity index (χ2n) is 6.30. The molecule has 9 nitrogen and oxygen atoms in total. The van der Waals surface area contributed by atoms with Gasteiger partial charge in [0.15, 0.2) is 0 Å². The number of aliphatic hydroxyl groups is 1. The summed E-state index contributed by atoms with van der Waals surface area (Å²) in [5, 5.41) is 13.0. The van der Waals surface area contributed by atoms with E-state index in [1.165, 1.54) is 11.0 Å². The number of hydrogen-bond donors (Lipinski definition) is 1. The van der Waals surface area contributed by atoms with Crippen molar-refractivity contribution in [3.8, 4) is 0 Å². The summed E-state index contributed by atoms with van der Waals surface area (Å²) in [7, 11) is 0. The van der Waals surface area contributed by atoms with Gasteiger partial charge in [-0.25, -0.2) is 4.79 Å². The lowest BCUT2D eigenvalue weighted by Gasteiger charge is -2.29. The highest BCUT2D eigenvalue weighted by Gasteiger charge is 2.36. The van der Waals surface area contributed by atoms with E-state index in [2.05, 4.69) is 19.9 Å². The van der Waals surface area contributed by atoms with Crippen molar-refractivity contribution in [1.29, 1.82) is 0 Å². The monoisotopic (exact) mass is 334 g/mol. The minimum Gasteiger partial charge on any atom is -0.394 e. The molecule has 0 amide bonds. The van der Waals surface area contributed by atoms with E-state index in [1.807, 2.05) is 6.92 Å². The molecule has 1 aromatic rings. The van der Waals surface area contributed by atoms with Gasteiger partial charge in [-0.1, -0.05) is 5.11 Å². The topological polar surface area (TPSA) is 116 Å². The van der Waals surface area contributed by atoms with Crippen LogP contribution >= 0.6 is 0 Å². The van der Waals surface area contributed by atoms with E-state index in [0.29, 0.717) is 6.42 Å². The van der Waals surface area contributed by atoms with E-state index < -0.39 is 18.4 Å². The second-order valence-corrected chi connectivity index (χ2v) is 6.30. The summed E-state index contributed by atoms with van der Waals surface area (Å²) in [5.41, 5.74) is 9.14. The van der Waals surface area contributed by atoms with Gasteiger partial charge < -0.3 is 14.7 Å². The van der Waals surface area contributed by atoms with Gasteiger partial charge in [-0.2, -0.15) is 4.98 Å². The first-order chi connectivity index (χ1) is 11.6. The summed E-state index contributed by atoms with van der Waals surface area (Å²) >= 11 is 0. The van der Waals surface area contributed by atoms with Gasteiger partial charge in [0.05, 0.1) is 18.8 Å². The summed E-state index contributed by atoms with van der Waals surface area (Å²) in [5.74, 6) is 0.735. The first-order valence-electron chi connectivity index (χ1n) is 8.29. The Balaban J connectivity index is 1.86. The Bertz CT molecular complexity index is 693. The lowest BCUT2D eigenvalue weighted by Crippen LogP contribution is -2.35. The van der Waals surface area contributed by atoms with Crippen LogP contribution in [0.1, 0.15) is 37.5 Å². The number of piperidine rings is 1. The number of nitrogens with zero attached hydrogens (tertiary/aromatic N) is 6. The third-order valence-corrected chi connectivity index (χ3v) is 4.66. The van der Waals surface area contributed by atoms with Crippen LogP contribution in [0, 0.1) is 6.92 Å². The average molecular weight is 334 g/mol. The number of rotatable bonds is 4. The van der Waals surface area contributed by atoms with Crippen LogP contribution in [0.4, 0.5) is 5.82 Å². The van der Waals surface area contributed by atoms with Gasteiger partial charge >= 0.3 is 5.69 Å². The highest BCUT2D eigenvalue weighted by molar-refractivity contribution is 5.45. The molecule has 0 saturated carbocycles. The molecule has 2 saturated heterocycles. The molecule has 1 aromatic heterocycles. The quantitative estimate of drug-likeness (QED) is 0.509. The van der Waals surface area contributed by atoms with Crippen molar-refractivity contribution in [2.75, 3.05) is 24.6 Å². The van der Waals surface area contributed by atoms with Crippen molar-refractivity contribution >= 4 is 5.82 Å². The SMILES string of the molecule is Cc1cn([C@@H]2C[C@@H](N=[N+]=[N-])[C@@H](CO)O2)c(=O)nc1N1CCCCC1. The van der Waals surface area contributed by atoms with E-state index in [0.717, 1.165) is 37.3 Å². The van der Waals surface area contributed by atoms with Gasteiger partial charge in [0.1, 0.15) is 12.0 Å². The highest BCUT2D eigenvalue weighted by Crippen LogP contribution is 2.30. The van der Waals surface area contributed by atoms with E-state index in [1.54, 1.807) is 6.20 Å². The Labute approximate surface area is 139 Å². The summed E-state index contributed by atoms with van der Waals surface area (Å²) < 4.78 is 7.11. The molecule has 2 aliphatic heterocycles. The van der Waals surface area contributed by atoms with Crippen molar-refractivity contribution in [2.45, 2.75) is 51.0 Å². The van der Waals surface area contributed by atoms with Crippen LogP contribution < -0.4 is 10.6 Å². The lowest BCUT2D eigenvalue weighted by molar-refractivity contribution is -0.0270. The zero-order valence-electron chi connectivity index (χ0n) is 13.7. The minimum atomic E-state index is -0.597. The zero-order chi connectivity index (χ0) is 17.1. The predicted molar refractivity (Wildman–Crippen MR) is 87.8 cm³/mol. The largest absolute Gasteiger partial charge is 0.394 e. The third-order valence-electron chi connectivity index (χ3n) is 4.66. The summed E-state index contributed by atoms with van der Waals surface area (Å²) in [4.78, 5) is 21.6. The fourth-order valence-electron chi connectivity index (χ4n) is 3.43. The molecule has 0 unspecified atom stereocenters. The third kappa shape index (κ3) is 3.24. The molecular formula is C15H22N6O3. The number of aryl methyl sites for hydroxylation is 1. The molecule has 1 N–H and O–H groups in total. The molecule has 0 aliphatic carbocycles. The smallest absolute Gasteiger partial charge is 0.351 e. The maximum absolute atomic E-state index is 12.5. The fourth-order valence-corrected chi connectivity index (χ4v) is 3.43. The lowest BCUT2D eigenvalue weighted by atomic mass is 10.1. The molecule has 9 heteroatoms. The van der Waals surface area contributed by atoms with Crippen LogP contribution in [0.15, 0.2) is 16.1 Å². The molecule has 0 aromatic carbocycles. The molecule has 3 rings (SSSR count). The van der Waals surface area contributed by atoms with Gasteiger partial charge in [-0.15, -0.1) is 0 Å². The summed E-state index contributed by atoms with van der Waals surface area (Å²) in [6, 6.07) is -0.487. The molecule has 0 bridgehead atoms. The zero-order valence-corrected chi connectivity index (χ0v) is 13.7. The fraction of sp³-hybridized carbons (Fsp3) is 0.733. The summed E-state index contributed by atoms with van der Waals surface area (Å²) in [6.45, 7) is 3.51. The van der Waals surface area contributed by atoms with Gasteiger partial charge in [-0.3, -0.25) is 4.57 Å². The van der Waals surface area contributed by atoms with Crippen molar-refractivity contribution in [2.24, 2.45) is 5.11 Å². The van der Waals surface area contributed by atoms with Crippen LogP contribution in [0.2, 0.25) is 0 Å². The molecule has 130 valence electrons. The van der Waals surface area contributed by atoms with Crippen LogP contribution in [0.25, 0.3) is 10.4 Å². The van der Waals surface area contributed by atoms with Crippen molar-refractivity contribution in [3.63, 3.8) is 0 Å². The Morgan fingerprint density at radius 3 is 2.88 bits per heavy atom. The molecule has 3 heterocycles. The highest BCUT2D eigenvalue weighted by atomic mass is 16.5. The van der Waals surface area contributed by atoms with Gasteiger partial charge in [-0.05, 0) is 31.7 Å². The van der Waals surface area contributed by atoms with Gasteiger partial charge in [0.2, 0.25) is 0 Å². The number of ether oxygens (including phenoxy) is 1. The normalized spacial score (nSPS) is 27.1. The van der Waals surface area contributed by atoms with Crippen LogP contribution in [0.3, 0.4) is 0 Å². The van der Waals surface area contributed by atoms with Gasteiger partial charge in [0, 0.05) is 36.2 Å². The molecule has 3 atom stereocenters. The van der Waals surface area contributed by atoms with E-state index in [9.17, 15) is 9.90 Å². The maximum atomic E-state index is 12.5. The Morgan fingerprint density at radius 1 is 1.46 bits per heavy atom. The number of anilines is 1. The number of aromatic nitrogens is 2. The van der Waals surface area contributed by atoms with Crippen LogP contribution in [-0.2, 0) is 4.74 Å². The van der Waals surface area contributed by atoms with E-state index in [4.69, 9.17) is 10.3 Å². The molecule has 2 aliphatic rings. The molecule has 0 radical (unpaired) electrons. The first kappa shape index (κ1) is 16.8. The predicted octanol–water partition coefficient (Wildman–Crippen LogP) is 1.50. The van der Waals surface area contributed by atoms with Crippen molar-refractivity contribution in [3.05, 3.63) is 32.7 Å². The van der Waals surface area contributed by atoms with Gasteiger partial charge in [0.25, 0.3) is 0 Å². The summed E-state index contributed by atoms with van der Waals surface area (Å²) in [6.07, 6.45) is 4.36. The molecular weight excluding hydrogens is 312 g/mol. The average Bonchev–Trinajstić information content (AvgIpc) is 3.00. The van der Waals surface area contributed by atoms with Crippen LogP contribution in [-0.4, -0.2) is 46.5 Å². The van der Waals surface area contributed by atoms with Crippen molar-refractivity contribution in [1.82, 2.24) is 9.55 Å². The van der Waals surface area contributed by atoms with E-state index >= 15 is 0 Å². The molecule has 24 heavy (non-hydrogen) atoms. The number of azide groups is 1. The second kappa shape index (κ2) is 7.21. The Morgan fingerprint density at radius 2 is 2.21 bits per heavy atom. The maximum Gasteiger partial charge on any atom is 0.351 e. The molecule has 0 spiro atoms.